The number of para-hydroxylation sites is 1. The second kappa shape index (κ2) is 9.49. The number of benzene rings is 2. The fraction of sp³-hybridized carbons (Fsp3) is 0.346. The van der Waals surface area contributed by atoms with Crippen molar-refractivity contribution in [2.75, 3.05) is 45.2 Å². The van der Waals surface area contributed by atoms with E-state index in [4.69, 9.17) is 4.74 Å². The zero-order valence-electron chi connectivity index (χ0n) is 19.4. The van der Waals surface area contributed by atoms with Gasteiger partial charge in [0.2, 0.25) is 0 Å². The molecule has 0 saturated carbocycles. The average molecular weight is 433 g/mol. The van der Waals surface area contributed by atoms with Gasteiger partial charge in [-0.15, -0.1) is 0 Å². The van der Waals surface area contributed by atoms with Gasteiger partial charge >= 0.3 is 0 Å². The van der Waals surface area contributed by atoms with E-state index >= 15 is 0 Å². The Hall–Kier alpha value is -3.25. The number of carbonyl (C=O) groups is 1. The zero-order chi connectivity index (χ0) is 22.7. The Balaban J connectivity index is 1.50. The second-order valence-corrected chi connectivity index (χ2v) is 8.42. The number of hydrogen-bond donors (Lipinski definition) is 1. The van der Waals surface area contributed by atoms with Crippen LogP contribution in [0.25, 0.3) is 5.69 Å². The Morgan fingerprint density at radius 3 is 2.38 bits per heavy atom. The van der Waals surface area contributed by atoms with Crippen molar-refractivity contribution >= 4 is 11.6 Å². The highest BCUT2D eigenvalue weighted by molar-refractivity contribution is 5.96. The zero-order valence-corrected chi connectivity index (χ0v) is 19.4. The van der Waals surface area contributed by atoms with Crippen molar-refractivity contribution < 1.29 is 9.53 Å². The van der Waals surface area contributed by atoms with Crippen LogP contribution in [0.5, 0.6) is 5.75 Å². The van der Waals surface area contributed by atoms with Gasteiger partial charge in [-0.2, -0.15) is 0 Å². The van der Waals surface area contributed by atoms with E-state index in [0.29, 0.717) is 12.1 Å². The van der Waals surface area contributed by atoms with Crippen LogP contribution < -0.4 is 15.0 Å². The Labute approximate surface area is 190 Å². The molecule has 1 aromatic heterocycles. The molecule has 0 spiro atoms. The topological polar surface area (TPSA) is 49.7 Å². The summed E-state index contributed by atoms with van der Waals surface area (Å²) in [5.41, 5.74) is 6.03. The Kier molecular flexibility index (Phi) is 6.51. The summed E-state index contributed by atoms with van der Waals surface area (Å²) in [5, 5.41) is 3.15. The molecule has 2 aromatic carbocycles. The number of aryl methyl sites for hydroxylation is 1. The Morgan fingerprint density at radius 2 is 1.69 bits per heavy atom. The molecule has 0 atom stereocenters. The molecule has 1 fully saturated rings. The molecule has 0 aliphatic carbocycles. The van der Waals surface area contributed by atoms with Crippen LogP contribution >= 0.6 is 0 Å². The fourth-order valence-corrected chi connectivity index (χ4v) is 4.41. The lowest BCUT2D eigenvalue weighted by atomic mass is 10.1. The summed E-state index contributed by atoms with van der Waals surface area (Å²) >= 11 is 0. The summed E-state index contributed by atoms with van der Waals surface area (Å²) in [5.74, 6) is 0.763. The van der Waals surface area contributed by atoms with Gasteiger partial charge in [-0.3, -0.25) is 4.79 Å². The number of likely N-dealkylation sites (N-methyl/N-ethyl adjacent to an activating group) is 1. The van der Waals surface area contributed by atoms with Gasteiger partial charge in [-0.1, -0.05) is 18.2 Å². The third-order valence-corrected chi connectivity index (χ3v) is 6.28. The number of rotatable bonds is 6. The number of hydrogen-bond acceptors (Lipinski definition) is 4. The maximum atomic E-state index is 13.1. The van der Waals surface area contributed by atoms with Crippen molar-refractivity contribution in [3.05, 3.63) is 77.1 Å². The number of methoxy groups -OCH3 is 1. The van der Waals surface area contributed by atoms with Gasteiger partial charge in [0.05, 0.1) is 12.7 Å². The highest BCUT2D eigenvalue weighted by Gasteiger charge is 2.19. The van der Waals surface area contributed by atoms with Crippen molar-refractivity contribution in [3.8, 4) is 11.4 Å². The average Bonchev–Trinajstić information content (AvgIpc) is 3.12. The van der Waals surface area contributed by atoms with E-state index in [0.717, 1.165) is 54.6 Å². The van der Waals surface area contributed by atoms with Crippen LogP contribution in [0.3, 0.4) is 0 Å². The number of nitrogens with one attached hydrogen (secondary N) is 1. The first-order valence-electron chi connectivity index (χ1n) is 11.1. The quantitative estimate of drug-likeness (QED) is 0.644. The molecular weight excluding hydrogens is 400 g/mol. The van der Waals surface area contributed by atoms with E-state index in [9.17, 15) is 4.79 Å². The maximum absolute atomic E-state index is 13.1. The molecule has 1 aliphatic rings. The van der Waals surface area contributed by atoms with Crippen molar-refractivity contribution in [3.63, 3.8) is 0 Å². The second-order valence-electron chi connectivity index (χ2n) is 8.42. The lowest BCUT2D eigenvalue weighted by molar-refractivity contribution is 0.0950. The summed E-state index contributed by atoms with van der Waals surface area (Å²) in [4.78, 5) is 17.9. The largest absolute Gasteiger partial charge is 0.497 e. The van der Waals surface area contributed by atoms with E-state index in [-0.39, 0.29) is 5.91 Å². The molecule has 6 heteroatoms. The van der Waals surface area contributed by atoms with Crippen molar-refractivity contribution in [2.24, 2.45) is 0 Å². The van der Waals surface area contributed by atoms with Gasteiger partial charge in [-0.05, 0) is 62.9 Å². The third kappa shape index (κ3) is 4.50. The van der Waals surface area contributed by atoms with Gasteiger partial charge in [0.1, 0.15) is 5.75 Å². The van der Waals surface area contributed by atoms with Crippen molar-refractivity contribution in [1.82, 2.24) is 14.8 Å². The first-order valence-corrected chi connectivity index (χ1v) is 11.1. The third-order valence-electron chi connectivity index (χ3n) is 6.28. The SMILES string of the molecule is COc1ccc(-n2c(C)cc(C(=O)NCc3ccccc3N3CCN(C)CC3)c2C)cc1. The first kappa shape index (κ1) is 22.0. The molecule has 1 saturated heterocycles. The highest BCUT2D eigenvalue weighted by atomic mass is 16.5. The molecule has 6 nitrogen and oxygen atoms in total. The fourth-order valence-electron chi connectivity index (χ4n) is 4.41. The van der Waals surface area contributed by atoms with Crippen LogP contribution in [0, 0.1) is 13.8 Å². The lowest BCUT2D eigenvalue weighted by Gasteiger charge is -2.35. The molecule has 2 heterocycles. The van der Waals surface area contributed by atoms with Crippen molar-refractivity contribution in [1.29, 1.82) is 0 Å². The summed E-state index contributed by atoms with van der Waals surface area (Å²) < 4.78 is 7.37. The van der Waals surface area contributed by atoms with Gasteiger partial charge in [0, 0.05) is 55.5 Å². The molecule has 0 radical (unpaired) electrons. The first-order chi connectivity index (χ1) is 15.5. The minimum atomic E-state index is -0.0500. The number of aromatic nitrogens is 1. The van der Waals surface area contributed by atoms with Crippen LogP contribution in [0.2, 0.25) is 0 Å². The van der Waals surface area contributed by atoms with E-state index in [1.807, 2.05) is 50.2 Å². The molecule has 0 bridgehead atoms. The smallest absolute Gasteiger partial charge is 0.253 e. The number of anilines is 1. The molecule has 1 aliphatic heterocycles. The predicted molar refractivity (Wildman–Crippen MR) is 129 cm³/mol. The number of piperazine rings is 1. The lowest BCUT2D eigenvalue weighted by Crippen LogP contribution is -2.45. The van der Waals surface area contributed by atoms with Crippen molar-refractivity contribution in [2.45, 2.75) is 20.4 Å². The molecular formula is C26H32N4O2. The normalized spacial score (nSPS) is 14.4. The number of ether oxygens (including phenoxy) is 1. The number of amides is 1. The van der Waals surface area contributed by atoms with E-state index in [2.05, 4.69) is 44.9 Å². The van der Waals surface area contributed by atoms with E-state index in [1.165, 1.54) is 5.69 Å². The van der Waals surface area contributed by atoms with Crippen LogP contribution in [-0.2, 0) is 6.54 Å². The van der Waals surface area contributed by atoms with Gasteiger partial charge in [0.25, 0.3) is 5.91 Å². The minimum absolute atomic E-state index is 0.0500. The molecule has 0 unspecified atom stereocenters. The molecule has 1 N–H and O–H groups in total. The highest BCUT2D eigenvalue weighted by Crippen LogP contribution is 2.24. The molecule has 4 rings (SSSR count). The Morgan fingerprint density at radius 1 is 1.00 bits per heavy atom. The number of nitrogens with zero attached hydrogens (tertiary/aromatic N) is 3. The van der Waals surface area contributed by atoms with E-state index in [1.54, 1.807) is 7.11 Å². The number of carbonyl (C=O) groups excluding carboxylic acids is 1. The maximum Gasteiger partial charge on any atom is 0.253 e. The summed E-state index contributed by atoms with van der Waals surface area (Å²) in [7, 11) is 3.82. The van der Waals surface area contributed by atoms with Gasteiger partial charge < -0.3 is 24.4 Å². The van der Waals surface area contributed by atoms with Crippen LogP contribution in [0.15, 0.2) is 54.6 Å². The van der Waals surface area contributed by atoms with Gasteiger partial charge in [0.15, 0.2) is 0 Å². The van der Waals surface area contributed by atoms with Gasteiger partial charge in [-0.25, -0.2) is 0 Å². The summed E-state index contributed by atoms with van der Waals surface area (Å²) in [6.45, 7) is 8.64. The molecule has 1 amide bonds. The minimum Gasteiger partial charge on any atom is -0.497 e. The summed E-state index contributed by atoms with van der Waals surface area (Å²) in [6, 6.07) is 18.2. The van der Waals surface area contributed by atoms with Crippen LogP contribution in [-0.4, -0.2) is 55.7 Å². The predicted octanol–water partition coefficient (Wildman–Crippen LogP) is 3.78. The van der Waals surface area contributed by atoms with Crippen LogP contribution in [0.1, 0.15) is 27.3 Å². The molecule has 168 valence electrons. The summed E-state index contributed by atoms with van der Waals surface area (Å²) in [6.07, 6.45) is 0. The standard InChI is InChI=1S/C26H32N4O2/c1-19-17-24(20(2)30(19)22-9-11-23(32-4)12-10-22)26(31)27-18-21-7-5-6-8-25(21)29-15-13-28(3)14-16-29/h5-12,17H,13-16,18H2,1-4H3,(H,27,31). The monoisotopic (exact) mass is 432 g/mol. The van der Waals surface area contributed by atoms with Crippen LogP contribution in [0.4, 0.5) is 5.69 Å². The molecule has 3 aromatic rings. The van der Waals surface area contributed by atoms with E-state index < -0.39 is 0 Å². The Bertz CT molecular complexity index is 1080. The molecule has 32 heavy (non-hydrogen) atoms.